The van der Waals surface area contributed by atoms with Gasteiger partial charge in [-0.2, -0.15) is 0 Å². The van der Waals surface area contributed by atoms with E-state index in [0.29, 0.717) is 24.5 Å². The molecule has 0 radical (unpaired) electrons. The molecule has 1 aromatic carbocycles. The van der Waals surface area contributed by atoms with Crippen LogP contribution in [0.1, 0.15) is 10.4 Å². The Morgan fingerprint density at radius 2 is 2.15 bits per heavy atom. The topological polar surface area (TPSA) is 105 Å². The number of nitrogens with two attached hydrogens (primary N) is 1. The number of carboxylic acids is 1. The number of benzene rings is 1. The van der Waals surface area contributed by atoms with Crippen molar-refractivity contribution in [3.8, 4) is 0 Å². The summed E-state index contributed by atoms with van der Waals surface area (Å²) in [6.45, 7) is 0.834. The molecular formula is C13H19N3O4. The molecule has 1 amide bonds. The van der Waals surface area contributed by atoms with E-state index in [1.54, 1.807) is 26.3 Å². The van der Waals surface area contributed by atoms with Gasteiger partial charge in [-0.25, -0.2) is 4.79 Å². The monoisotopic (exact) mass is 281 g/mol. The highest BCUT2D eigenvalue weighted by atomic mass is 16.5. The van der Waals surface area contributed by atoms with Crippen molar-refractivity contribution >= 4 is 23.3 Å². The second-order valence-electron chi connectivity index (χ2n) is 4.25. The number of ether oxygens (including phenoxy) is 1. The lowest BCUT2D eigenvalue weighted by Crippen LogP contribution is -2.37. The van der Waals surface area contributed by atoms with Gasteiger partial charge in [0.05, 0.1) is 30.1 Å². The van der Waals surface area contributed by atoms with Crippen LogP contribution in [0, 0.1) is 0 Å². The van der Waals surface area contributed by atoms with Gasteiger partial charge >= 0.3 is 5.97 Å². The third-order valence-electron chi connectivity index (χ3n) is 2.69. The fraction of sp³-hybridized carbons (Fsp3) is 0.385. The lowest BCUT2D eigenvalue weighted by atomic mass is 10.1. The van der Waals surface area contributed by atoms with E-state index >= 15 is 0 Å². The predicted molar refractivity (Wildman–Crippen MR) is 76.0 cm³/mol. The van der Waals surface area contributed by atoms with Crippen molar-refractivity contribution in [3.63, 3.8) is 0 Å². The van der Waals surface area contributed by atoms with Crippen LogP contribution in [0.3, 0.4) is 0 Å². The number of carbonyl (C=O) groups excluding carboxylic acids is 1. The van der Waals surface area contributed by atoms with Crippen LogP contribution in [0.2, 0.25) is 0 Å². The van der Waals surface area contributed by atoms with E-state index in [4.69, 9.17) is 15.6 Å². The van der Waals surface area contributed by atoms with E-state index in [1.165, 1.54) is 11.0 Å². The molecule has 0 bridgehead atoms. The molecule has 110 valence electrons. The van der Waals surface area contributed by atoms with Gasteiger partial charge in [-0.1, -0.05) is 6.07 Å². The first-order valence-corrected chi connectivity index (χ1v) is 6.06. The number of nitrogens with one attached hydrogen (secondary N) is 1. The van der Waals surface area contributed by atoms with E-state index in [1.807, 2.05) is 0 Å². The Morgan fingerprint density at radius 3 is 2.75 bits per heavy atom. The number of hydrogen-bond donors (Lipinski definition) is 3. The number of methoxy groups -OCH3 is 1. The zero-order valence-corrected chi connectivity index (χ0v) is 11.5. The van der Waals surface area contributed by atoms with Crippen LogP contribution >= 0.6 is 0 Å². The van der Waals surface area contributed by atoms with Gasteiger partial charge in [0, 0.05) is 20.7 Å². The van der Waals surface area contributed by atoms with Crippen LogP contribution < -0.4 is 16.0 Å². The van der Waals surface area contributed by atoms with Crippen LogP contribution in [0.25, 0.3) is 0 Å². The fourth-order valence-corrected chi connectivity index (χ4v) is 1.80. The van der Waals surface area contributed by atoms with Gasteiger partial charge in [-0.3, -0.25) is 4.79 Å². The van der Waals surface area contributed by atoms with Gasteiger partial charge in [0.1, 0.15) is 0 Å². The van der Waals surface area contributed by atoms with Crippen molar-refractivity contribution in [1.29, 1.82) is 0 Å². The van der Waals surface area contributed by atoms with E-state index < -0.39 is 5.97 Å². The Hall–Kier alpha value is -2.28. The van der Waals surface area contributed by atoms with E-state index in [0.717, 1.165) is 0 Å². The number of anilines is 2. The van der Waals surface area contributed by atoms with Crippen molar-refractivity contribution in [1.82, 2.24) is 5.32 Å². The number of carbonyl (C=O) groups is 2. The molecule has 0 atom stereocenters. The first-order chi connectivity index (χ1) is 9.47. The number of carboxylic acid groups (broad SMARTS) is 1. The van der Waals surface area contributed by atoms with Crippen molar-refractivity contribution in [3.05, 3.63) is 23.8 Å². The van der Waals surface area contributed by atoms with Gasteiger partial charge in [0.15, 0.2) is 0 Å². The molecule has 20 heavy (non-hydrogen) atoms. The first kappa shape index (κ1) is 15.8. The Kier molecular flexibility index (Phi) is 5.79. The zero-order valence-electron chi connectivity index (χ0n) is 11.5. The molecular weight excluding hydrogens is 262 g/mol. The van der Waals surface area contributed by atoms with Gasteiger partial charge < -0.3 is 25.8 Å². The van der Waals surface area contributed by atoms with Gasteiger partial charge in [-0.05, 0) is 12.1 Å². The molecule has 0 aliphatic heterocycles. The summed E-state index contributed by atoms with van der Waals surface area (Å²) in [5.41, 5.74) is 6.52. The molecule has 1 aromatic rings. The smallest absolute Gasteiger partial charge is 0.337 e. The molecule has 0 spiro atoms. The summed E-state index contributed by atoms with van der Waals surface area (Å²) in [5.74, 6) is -1.32. The molecule has 0 unspecified atom stereocenters. The van der Waals surface area contributed by atoms with Crippen LogP contribution in [-0.4, -0.2) is 50.8 Å². The summed E-state index contributed by atoms with van der Waals surface area (Å²) >= 11 is 0. The maximum atomic E-state index is 11.7. The van der Waals surface area contributed by atoms with Crippen LogP contribution in [0.5, 0.6) is 0 Å². The van der Waals surface area contributed by atoms with Gasteiger partial charge in [0.2, 0.25) is 5.91 Å². The van der Waals surface area contributed by atoms with Crippen molar-refractivity contribution < 1.29 is 19.4 Å². The number of para-hydroxylation sites is 1. The molecule has 4 N–H and O–H groups in total. The van der Waals surface area contributed by atoms with Crippen molar-refractivity contribution in [2.24, 2.45) is 0 Å². The molecule has 0 aliphatic rings. The fourth-order valence-electron chi connectivity index (χ4n) is 1.80. The van der Waals surface area contributed by atoms with E-state index in [2.05, 4.69) is 5.32 Å². The number of amides is 1. The summed E-state index contributed by atoms with van der Waals surface area (Å²) in [7, 11) is 3.16. The summed E-state index contributed by atoms with van der Waals surface area (Å²) in [4.78, 5) is 24.4. The van der Waals surface area contributed by atoms with Crippen LogP contribution in [-0.2, 0) is 9.53 Å². The molecule has 0 aliphatic carbocycles. The molecule has 7 heteroatoms. The predicted octanol–water partition coefficient (Wildman–Crippen LogP) is 0.166. The standard InChI is InChI=1S/C13H19N3O4/c1-16(8-11(17)15-6-7-20-2)12-9(13(18)19)4-3-5-10(12)14/h3-5H,6-8,14H2,1-2H3,(H,15,17)(H,18,19). The van der Waals surface area contributed by atoms with Crippen LogP contribution in [0.4, 0.5) is 11.4 Å². The van der Waals surface area contributed by atoms with Gasteiger partial charge in [0.25, 0.3) is 0 Å². The molecule has 0 aromatic heterocycles. The number of nitrogens with zero attached hydrogens (tertiary/aromatic N) is 1. The number of nitrogen functional groups attached to an aromatic ring is 1. The number of likely N-dealkylation sites (N-methyl/N-ethyl adjacent to an activating group) is 1. The Bertz CT molecular complexity index is 491. The molecule has 7 nitrogen and oxygen atoms in total. The third-order valence-corrected chi connectivity index (χ3v) is 2.69. The second kappa shape index (κ2) is 7.34. The highest BCUT2D eigenvalue weighted by Gasteiger charge is 2.17. The van der Waals surface area contributed by atoms with Crippen molar-refractivity contribution in [2.45, 2.75) is 0 Å². The average Bonchev–Trinajstić information content (AvgIpc) is 2.38. The Balaban J connectivity index is 2.79. The third kappa shape index (κ3) is 4.13. The normalized spacial score (nSPS) is 10.1. The molecule has 0 heterocycles. The van der Waals surface area contributed by atoms with E-state index in [9.17, 15) is 9.59 Å². The lowest BCUT2D eigenvalue weighted by molar-refractivity contribution is -0.119. The quantitative estimate of drug-likeness (QED) is 0.486. The molecule has 0 saturated heterocycles. The molecule has 1 rings (SSSR count). The highest BCUT2D eigenvalue weighted by Crippen LogP contribution is 2.26. The second-order valence-corrected chi connectivity index (χ2v) is 4.25. The van der Waals surface area contributed by atoms with Crippen molar-refractivity contribution in [2.75, 3.05) is 44.5 Å². The number of rotatable bonds is 7. The summed E-state index contributed by atoms with van der Waals surface area (Å²) in [6, 6.07) is 4.61. The van der Waals surface area contributed by atoms with Crippen LogP contribution in [0.15, 0.2) is 18.2 Å². The van der Waals surface area contributed by atoms with E-state index in [-0.39, 0.29) is 18.0 Å². The summed E-state index contributed by atoms with van der Waals surface area (Å²) in [6.07, 6.45) is 0. The highest BCUT2D eigenvalue weighted by molar-refractivity contribution is 5.98. The van der Waals surface area contributed by atoms with Gasteiger partial charge in [-0.15, -0.1) is 0 Å². The minimum Gasteiger partial charge on any atom is -0.478 e. The Labute approximate surface area is 117 Å². The minimum absolute atomic E-state index is 0.0121. The maximum Gasteiger partial charge on any atom is 0.337 e. The lowest BCUT2D eigenvalue weighted by Gasteiger charge is -2.22. The molecule has 0 saturated carbocycles. The summed E-state index contributed by atoms with van der Waals surface area (Å²) < 4.78 is 4.83. The zero-order chi connectivity index (χ0) is 15.1. The maximum absolute atomic E-state index is 11.7. The minimum atomic E-state index is -1.08. The first-order valence-electron chi connectivity index (χ1n) is 6.06. The number of aromatic carboxylic acids is 1. The number of hydrogen-bond acceptors (Lipinski definition) is 5. The SMILES string of the molecule is COCCNC(=O)CN(C)c1c(N)cccc1C(=O)O. The average molecular weight is 281 g/mol. The Morgan fingerprint density at radius 1 is 1.45 bits per heavy atom. The molecule has 0 fully saturated rings. The largest absolute Gasteiger partial charge is 0.478 e. The summed E-state index contributed by atoms with van der Waals surface area (Å²) in [5, 5.41) is 11.8.